The number of rotatable bonds is 12. The number of nitrogens with two attached hydrogens (primary N) is 2. The molecule has 0 spiro atoms. The molecule has 0 saturated carbocycles. The maximum Gasteiger partial charge on any atom is 0.410 e. The molecule has 226 valence electrons. The third-order valence-corrected chi connectivity index (χ3v) is 6.31. The lowest BCUT2D eigenvalue weighted by Crippen LogP contribution is -2.47. The van der Waals surface area contributed by atoms with Gasteiger partial charge in [-0.2, -0.15) is 4.98 Å². The highest BCUT2D eigenvalue weighted by atomic mass is 16.6. The van der Waals surface area contributed by atoms with Gasteiger partial charge < -0.3 is 31.2 Å². The molecule has 12 nitrogen and oxygen atoms in total. The summed E-state index contributed by atoms with van der Waals surface area (Å²) in [6.45, 7) is 7.69. The van der Waals surface area contributed by atoms with Crippen LogP contribution in [0.5, 0.6) is 0 Å². The van der Waals surface area contributed by atoms with E-state index < -0.39 is 17.7 Å². The number of unbranched alkanes of at least 4 members (excludes halogenated alkanes) is 1. The van der Waals surface area contributed by atoms with E-state index in [9.17, 15) is 9.59 Å². The average molecular weight is 580 g/mol. The molecule has 1 aliphatic rings. The molecule has 1 aromatic carbocycles. The summed E-state index contributed by atoms with van der Waals surface area (Å²) in [5.74, 6) is 7.13. The van der Waals surface area contributed by atoms with E-state index in [0.29, 0.717) is 74.1 Å². The van der Waals surface area contributed by atoms with Crippen molar-refractivity contribution in [2.24, 2.45) is 0 Å². The summed E-state index contributed by atoms with van der Waals surface area (Å²) < 4.78 is 10.6. The highest BCUT2D eigenvalue weighted by molar-refractivity contribution is 5.86. The van der Waals surface area contributed by atoms with E-state index in [0.717, 1.165) is 18.5 Å². The Kier molecular flexibility index (Phi) is 11.9. The van der Waals surface area contributed by atoms with Crippen LogP contribution >= 0.6 is 0 Å². The van der Waals surface area contributed by atoms with Crippen LogP contribution in [0.15, 0.2) is 24.4 Å². The Hall–Kier alpha value is -4.37. The molecule has 2 aromatic rings. The van der Waals surface area contributed by atoms with Crippen LogP contribution in [0.25, 0.3) is 0 Å². The van der Waals surface area contributed by atoms with Crippen molar-refractivity contribution in [1.82, 2.24) is 20.2 Å². The van der Waals surface area contributed by atoms with Gasteiger partial charge in [-0.25, -0.2) is 9.78 Å². The zero-order chi connectivity index (χ0) is 30.5. The summed E-state index contributed by atoms with van der Waals surface area (Å²) in [5, 5.41) is 15.1. The van der Waals surface area contributed by atoms with Crippen LogP contribution in [0.3, 0.4) is 0 Å². The molecule has 1 aliphatic heterocycles. The van der Waals surface area contributed by atoms with E-state index in [-0.39, 0.29) is 5.91 Å². The van der Waals surface area contributed by atoms with Gasteiger partial charge in [0.05, 0.1) is 17.3 Å². The van der Waals surface area contributed by atoms with Crippen LogP contribution in [-0.2, 0) is 14.3 Å². The minimum Gasteiger partial charge on any atom is -0.444 e. The van der Waals surface area contributed by atoms with Gasteiger partial charge in [-0.05, 0) is 64.7 Å². The molecule has 2 heterocycles. The summed E-state index contributed by atoms with van der Waals surface area (Å²) >= 11 is 0. The first-order valence-electron chi connectivity index (χ1n) is 14.2. The van der Waals surface area contributed by atoms with Gasteiger partial charge >= 0.3 is 6.09 Å². The Bertz CT molecular complexity index is 1300. The number of nitrogen functional groups attached to an aromatic ring is 1. The molecule has 2 amide bonds. The molecule has 1 atom stereocenters. The number of benzene rings is 1. The van der Waals surface area contributed by atoms with Gasteiger partial charge in [-0.3, -0.25) is 15.1 Å². The van der Waals surface area contributed by atoms with Crippen molar-refractivity contribution in [3.8, 4) is 11.8 Å². The molecule has 1 saturated heterocycles. The lowest BCUT2D eigenvalue weighted by Gasteiger charge is -2.28. The molecule has 0 aliphatic carbocycles. The second-order valence-corrected chi connectivity index (χ2v) is 10.9. The van der Waals surface area contributed by atoms with Crippen LogP contribution in [0, 0.1) is 11.8 Å². The van der Waals surface area contributed by atoms with Crippen LogP contribution in [0.4, 0.5) is 27.9 Å². The molecule has 12 heteroatoms. The zero-order valence-electron chi connectivity index (χ0n) is 25.0. The van der Waals surface area contributed by atoms with Crippen molar-refractivity contribution in [2.75, 3.05) is 49.7 Å². The largest absolute Gasteiger partial charge is 0.444 e. The lowest BCUT2D eigenvalue weighted by molar-refractivity contribution is -0.125. The van der Waals surface area contributed by atoms with Crippen molar-refractivity contribution >= 4 is 41.4 Å². The predicted octanol–water partition coefficient (Wildman–Crippen LogP) is 2.08. The number of anilines is 4. The number of amides is 2. The third-order valence-electron chi connectivity index (χ3n) is 6.31. The fraction of sp³-hybridized carbons (Fsp3) is 0.500. The van der Waals surface area contributed by atoms with Crippen molar-refractivity contribution in [3.63, 3.8) is 0 Å². The van der Waals surface area contributed by atoms with E-state index in [1.54, 1.807) is 19.4 Å². The van der Waals surface area contributed by atoms with E-state index in [2.05, 4.69) is 37.8 Å². The van der Waals surface area contributed by atoms with Crippen LogP contribution in [0.2, 0.25) is 0 Å². The summed E-state index contributed by atoms with van der Waals surface area (Å²) in [6, 6.07) is 4.90. The van der Waals surface area contributed by atoms with Crippen molar-refractivity contribution in [1.29, 1.82) is 0 Å². The Morgan fingerprint density at radius 3 is 2.81 bits per heavy atom. The molecule has 0 bridgehead atoms. The fourth-order valence-electron chi connectivity index (χ4n) is 4.26. The summed E-state index contributed by atoms with van der Waals surface area (Å²) in [5.41, 5.74) is 8.02. The maximum atomic E-state index is 12.7. The second kappa shape index (κ2) is 15.6. The first-order chi connectivity index (χ1) is 20.1. The quantitative estimate of drug-likeness (QED) is 0.109. The highest BCUT2D eigenvalue weighted by Crippen LogP contribution is 2.22. The Morgan fingerprint density at radius 1 is 1.26 bits per heavy atom. The number of hydrogen-bond acceptors (Lipinski definition) is 9. The number of methoxy groups -OCH3 is 1. The van der Waals surface area contributed by atoms with Gasteiger partial charge in [-0.15, -0.1) is 0 Å². The number of aromatic nitrogens is 2. The molecule has 7 N–H and O–H groups in total. The molecule has 3 rings (SSSR count). The number of carbonyl (C=O) groups excluding carboxylic acids is 2. The van der Waals surface area contributed by atoms with Gasteiger partial charge in [0.1, 0.15) is 17.5 Å². The van der Waals surface area contributed by atoms with Crippen LogP contribution < -0.4 is 27.1 Å². The number of nitrogens with zero attached hydrogens (tertiary/aromatic N) is 3. The molecular weight excluding hydrogens is 536 g/mol. The van der Waals surface area contributed by atoms with Crippen molar-refractivity contribution in [2.45, 2.75) is 64.5 Å². The average Bonchev–Trinajstić information content (AvgIpc) is 3.44. The number of likely N-dealkylation sites (tertiary alicyclic amines) is 1. The summed E-state index contributed by atoms with van der Waals surface area (Å²) in [6.07, 6.45) is 6.09. The normalized spacial score (nSPS) is 14.5. The SMILES string of the molecule is COCCCNc1nc(Nc2ccc(N)c(C=[NH2+])c2)ncc1C#CCCCNC(=O)[C@@H]1CCCN1C(=O)OC(C)(C)C. The highest BCUT2D eigenvalue weighted by Gasteiger charge is 2.36. The number of carbonyl (C=O) groups is 2. The number of hydrogen-bond donors (Lipinski definition) is 5. The second-order valence-electron chi connectivity index (χ2n) is 10.9. The monoisotopic (exact) mass is 579 g/mol. The molecule has 42 heavy (non-hydrogen) atoms. The van der Waals surface area contributed by atoms with Gasteiger partial charge in [0.2, 0.25) is 11.9 Å². The maximum absolute atomic E-state index is 12.7. The number of ether oxygens (including phenoxy) is 2. The Labute approximate surface area is 247 Å². The standard InChI is InChI=1S/C30H42N8O4/c1-30(2,3)42-29(40)38-16-8-11-25(38)27(39)34-14-7-5-6-10-21-20-35-28(37-26(21)33-15-9-17-41-4)36-23-12-13-24(32)22(18-23)19-31/h12-13,18-20,25,31H,5,7-9,11,14-17,32H2,1-4H3,(H,34,39)(H2,33,35,36,37)/p+1/t25-/m0/s1. The topological polar surface area (TPSA) is 169 Å². The minimum atomic E-state index is -0.606. The number of nitrogens with one attached hydrogen (secondary N) is 3. The van der Waals surface area contributed by atoms with Gasteiger partial charge in [-0.1, -0.05) is 11.8 Å². The van der Waals surface area contributed by atoms with Crippen molar-refractivity contribution < 1.29 is 24.5 Å². The van der Waals surface area contributed by atoms with Gasteiger partial charge in [0.15, 0.2) is 6.21 Å². The smallest absolute Gasteiger partial charge is 0.410 e. The molecule has 0 unspecified atom stereocenters. The predicted molar refractivity (Wildman–Crippen MR) is 163 cm³/mol. The van der Waals surface area contributed by atoms with E-state index >= 15 is 0 Å². The van der Waals surface area contributed by atoms with Gasteiger partial charge in [0.25, 0.3) is 0 Å². The Morgan fingerprint density at radius 2 is 2.07 bits per heavy atom. The van der Waals surface area contributed by atoms with Crippen molar-refractivity contribution in [3.05, 3.63) is 35.5 Å². The minimum absolute atomic E-state index is 0.164. The Balaban J connectivity index is 1.56. The first-order valence-corrected chi connectivity index (χ1v) is 14.2. The van der Waals surface area contributed by atoms with E-state index in [1.165, 1.54) is 11.1 Å². The lowest BCUT2D eigenvalue weighted by atomic mass is 10.2. The van der Waals surface area contributed by atoms with Crippen LogP contribution in [-0.4, -0.2) is 78.1 Å². The van der Waals surface area contributed by atoms with Gasteiger partial charge in [0, 0.05) is 51.1 Å². The first kappa shape index (κ1) is 32.1. The summed E-state index contributed by atoms with van der Waals surface area (Å²) in [7, 11) is 1.66. The molecule has 1 aromatic heterocycles. The fourth-order valence-corrected chi connectivity index (χ4v) is 4.26. The molecular formula is C30H43N8O4+. The van der Waals surface area contributed by atoms with Crippen LogP contribution in [0.1, 0.15) is 64.0 Å². The molecule has 1 fully saturated rings. The summed E-state index contributed by atoms with van der Waals surface area (Å²) in [4.78, 5) is 35.8. The van der Waals surface area contributed by atoms with E-state index in [1.807, 2.05) is 32.9 Å². The van der Waals surface area contributed by atoms with E-state index in [4.69, 9.17) is 20.6 Å². The third kappa shape index (κ3) is 9.92. The zero-order valence-corrected chi connectivity index (χ0v) is 25.0. The molecule has 0 radical (unpaired) electrons.